The van der Waals surface area contributed by atoms with Crippen LogP contribution in [0, 0.1) is 0 Å². The lowest BCUT2D eigenvalue weighted by molar-refractivity contribution is 0.437. The average Bonchev–Trinajstić information content (AvgIpc) is 3.83. The van der Waals surface area contributed by atoms with Crippen molar-refractivity contribution in [3.63, 3.8) is 0 Å². The van der Waals surface area contributed by atoms with E-state index in [2.05, 4.69) is 160 Å². The second kappa shape index (κ2) is 17.8. The van der Waals surface area contributed by atoms with Crippen LogP contribution >= 0.6 is 0 Å². The standard InChI is InChI=1S/C74H80N2/c1-73(2,3)55-33-27-47(28-34-55)51-31-37-63-59(39-51)65-67-61-43-53(45-19-11-7-12-20-45)42-58(50-25-17-10-18-26-50)70(61)76-64-38-32-52(48-29-35-56(36-30-48)74(4,5)6)40-60(64)66(72(67)76)68-62-44-54(46-21-13-8-14-22-46)41-57(49-23-15-9-16-24-49)69(62)75(63)71(65)68/h27-46,49-50H,7-26H2,1-6H3. The first-order chi connectivity index (χ1) is 37.0. The van der Waals surface area contributed by atoms with Gasteiger partial charge in [0.1, 0.15) is 0 Å². The van der Waals surface area contributed by atoms with Crippen molar-refractivity contribution in [1.29, 1.82) is 0 Å². The largest absolute Gasteiger partial charge is 0.308 e. The van der Waals surface area contributed by atoms with E-state index in [-0.39, 0.29) is 10.8 Å². The van der Waals surface area contributed by atoms with Gasteiger partial charge in [-0.2, -0.15) is 0 Å². The smallest absolute Gasteiger partial charge is 0.0634 e. The van der Waals surface area contributed by atoms with Crippen LogP contribution in [0.5, 0.6) is 0 Å². The fourth-order valence-electron chi connectivity index (χ4n) is 16.5. The minimum atomic E-state index is 0.107. The van der Waals surface area contributed by atoms with Gasteiger partial charge in [-0.05, 0) is 178 Å². The SMILES string of the molecule is CC(C)(C)c1ccc(-c2ccc3c(c2)c2c4c5cc(C6CCCCC6)cc(C6CCCCC6)c5n5c6ccc(-c7ccc(C(C)(C)C)cc7)cc6c(c6c7cc(C8CCCCC8)cc(C8CCCCC8)c7n3c26)c45)cc1. The summed E-state index contributed by atoms with van der Waals surface area (Å²) in [6.07, 6.45) is 26.7. The minimum absolute atomic E-state index is 0.107. The van der Waals surface area contributed by atoms with Gasteiger partial charge >= 0.3 is 0 Å². The second-order valence-electron chi connectivity index (χ2n) is 27.3. The fourth-order valence-corrected chi connectivity index (χ4v) is 16.5. The molecule has 0 atom stereocenters. The average molecular weight is 997 g/mol. The lowest BCUT2D eigenvalue weighted by Crippen LogP contribution is -2.10. The minimum Gasteiger partial charge on any atom is -0.308 e. The fraction of sp³-hybridized carbons (Fsp3) is 0.432. The van der Waals surface area contributed by atoms with E-state index in [0.29, 0.717) is 23.7 Å². The highest BCUT2D eigenvalue weighted by molar-refractivity contribution is 6.45. The molecule has 11 aromatic rings. The number of hydrogen-bond acceptors (Lipinski definition) is 0. The van der Waals surface area contributed by atoms with E-state index in [9.17, 15) is 0 Å². The van der Waals surface area contributed by atoms with Crippen LogP contribution in [-0.4, -0.2) is 8.80 Å². The molecule has 7 aromatic carbocycles. The Labute approximate surface area is 451 Å². The van der Waals surface area contributed by atoms with Gasteiger partial charge in [0.15, 0.2) is 0 Å². The topological polar surface area (TPSA) is 8.82 Å². The number of hydrogen-bond donors (Lipinski definition) is 0. The molecule has 4 aromatic heterocycles. The summed E-state index contributed by atoms with van der Waals surface area (Å²) in [6, 6.07) is 45.5. The van der Waals surface area contributed by atoms with Gasteiger partial charge in [0.25, 0.3) is 0 Å². The molecule has 0 spiro atoms. The zero-order chi connectivity index (χ0) is 51.2. The molecule has 2 nitrogen and oxygen atoms in total. The van der Waals surface area contributed by atoms with E-state index in [0.717, 1.165) is 0 Å². The Balaban J connectivity index is 1.14. The highest BCUT2D eigenvalue weighted by atomic mass is 15.0. The molecule has 4 heterocycles. The lowest BCUT2D eigenvalue weighted by Gasteiger charge is -2.27. The van der Waals surface area contributed by atoms with Gasteiger partial charge in [-0.15, -0.1) is 0 Å². The first kappa shape index (κ1) is 47.4. The maximum absolute atomic E-state index is 2.87. The molecule has 0 aliphatic heterocycles. The molecule has 0 radical (unpaired) electrons. The maximum atomic E-state index is 2.87. The molecular weight excluding hydrogens is 917 g/mol. The first-order valence-electron chi connectivity index (χ1n) is 30.7. The number of aromatic nitrogens is 2. The van der Waals surface area contributed by atoms with Crippen LogP contribution in [0.2, 0.25) is 0 Å². The van der Waals surface area contributed by atoms with Gasteiger partial charge in [-0.3, -0.25) is 0 Å². The number of benzene rings is 7. The third-order valence-corrected chi connectivity index (χ3v) is 20.6. The van der Waals surface area contributed by atoms with Gasteiger partial charge in [-0.1, -0.05) is 191 Å². The van der Waals surface area contributed by atoms with E-state index < -0.39 is 0 Å². The molecule has 4 fully saturated rings. The Hall–Kier alpha value is -5.86. The summed E-state index contributed by atoms with van der Waals surface area (Å²) in [4.78, 5) is 0. The van der Waals surface area contributed by atoms with Gasteiger partial charge in [0, 0.05) is 43.1 Å². The molecule has 0 unspecified atom stereocenters. The van der Waals surface area contributed by atoms with Gasteiger partial charge in [-0.25, -0.2) is 0 Å². The Morgan fingerprint density at radius 3 is 0.961 bits per heavy atom. The van der Waals surface area contributed by atoms with Crippen molar-refractivity contribution in [1.82, 2.24) is 8.80 Å². The van der Waals surface area contributed by atoms with Crippen molar-refractivity contribution in [2.24, 2.45) is 0 Å². The Bertz CT molecular complexity index is 3740. The third-order valence-electron chi connectivity index (χ3n) is 20.6. The molecule has 15 rings (SSSR count). The molecule has 4 aliphatic carbocycles. The van der Waals surface area contributed by atoms with Crippen molar-refractivity contribution in [3.8, 4) is 22.3 Å². The summed E-state index contributed by atoms with van der Waals surface area (Å²) in [5.41, 5.74) is 23.5. The molecule has 2 heteroatoms. The predicted octanol–water partition coefficient (Wildman–Crippen LogP) is 22.1. The quantitative estimate of drug-likeness (QED) is 0.157. The summed E-state index contributed by atoms with van der Waals surface area (Å²) >= 11 is 0. The summed E-state index contributed by atoms with van der Waals surface area (Å²) in [5.74, 6) is 2.43. The van der Waals surface area contributed by atoms with E-state index in [1.807, 2.05) is 0 Å². The summed E-state index contributed by atoms with van der Waals surface area (Å²) in [5, 5.41) is 11.9. The van der Waals surface area contributed by atoms with Gasteiger partial charge < -0.3 is 8.80 Å². The molecular formula is C74H80N2. The number of nitrogens with zero attached hydrogens (tertiary/aromatic N) is 2. The van der Waals surface area contributed by atoms with Crippen LogP contribution in [0.15, 0.2) is 109 Å². The third kappa shape index (κ3) is 7.37. The molecule has 0 N–H and O–H groups in total. The summed E-state index contributed by atoms with van der Waals surface area (Å²) in [6.45, 7) is 14.0. The zero-order valence-corrected chi connectivity index (χ0v) is 46.7. The molecule has 4 aliphatic rings. The van der Waals surface area contributed by atoms with Crippen LogP contribution in [0.3, 0.4) is 0 Å². The molecule has 386 valence electrons. The van der Waals surface area contributed by atoms with Crippen LogP contribution < -0.4 is 0 Å². The van der Waals surface area contributed by atoms with Gasteiger partial charge in [0.2, 0.25) is 0 Å². The van der Waals surface area contributed by atoms with E-state index in [4.69, 9.17) is 0 Å². The first-order valence-corrected chi connectivity index (χ1v) is 30.7. The predicted molar refractivity (Wildman–Crippen MR) is 327 cm³/mol. The van der Waals surface area contributed by atoms with Crippen LogP contribution in [0.1, 0.15) is 227 Å². The lowest BCUT2D eigenvalue weighted by atomic mass is 9.78. The van der Waals surface area contributed by atoms with Crippen molar-refractivity contribution in [2.45, 2.75) is 204 Å². The van der Waals surface area contributed by atoms with Crippen molar-refractivity contribution >= 4 is 76.2 Å². The van der Waals surface area contributed by atoms with Crippen LogP contribution in [0.4, 0.5) is 0 Å². The maximum Gasteiger partial charge on any atom is 0.0634 e. The van der Waals surface area contributed by atoms with E-state index >= 15 is 0 Å². The molecule has 0 bridgehead atoms. The number of rotatable bonds is 6. The molecule has 4 saturated carbocycles. The van der Waals surface area contributed by atoms with E-state index in [1.165, 1.54) is 238 Å². The monoisotopic (exact) mass is 997 g/mol. The molecule has 0 amide bonds. The van der Waals surface area contributed by atoms with Gasteiger partial charge in [0.05, 0.1) is 33.1 Å². The number of fused-ring (bicyclic) bond motifs is 14. The Morgan fingerprint density at radius 2 is 0.618 bits per heavy atom. The van der Waals surface area contributed by atoms with E-state index in [1.54, 1.807) is 22.3 Å². The van der Waals surface area contributed by atoms with Crippen molar-refractivity contribution < 1.29 is 0 Å². The highest BCUT2D eigenvalue weighted by Gasteiger charge is 2.35. The second-order valence-corrected chi connectivity index (χ2v) is 27.3. The van der Waals surface area contributed by atoms with Crippen molar-refractivity contribution in [2.75, 3.05) is 0 Å². The summed E-state index contributed by atoms with van der Waals surface area (Å²) < 4.78 is 5.74. The summed E-state index contributed by atoms with van der Waals surface area (Å²) in [7, 11) is 0. The molecule has 76 heavy (non-hydrogen) atoms. The Morgan fingerprint density at radius 1 is 0.303 bits per heavy atom. The van der Waals surface area contributed by atoms with Crippen LogP contribution in [-0.2, 0) is 10.8 Å². The highest BCUT2D eigenvalue weighted by Crippen LogP contribution is 2.56. The van der Waals surface area contributed by atoms with Crippen molar-refractivity contribution in [3.05, 3.63) is 143 Å². The zero-order valence-electron chi connectivity index (χ0n) is 46.7. The van der Waals surface area contributed by atoms with Crippen LogP contribution in [0.25, 0.3) is 98.4 Å². The Kier molecular flexibility index (Phi) is 11.1. The molecule has 0 saturated heterocycles. The normalized spacial score (nSPS) is 18.7.